The molecule has 0 atom stereocenters. The highest BCUT2D eigenvalue weighted by atomic mass is 16.6. The van der Waals surface area contributed by atoms with Crippen LogP contribution in [0.1, 0.15) is 56.9 Å². The third-order valence-electron chi connectivity index (χ3n) is 14.6. The molecule has 0 amide bonds. The Hall–Kier alpha value is -7.44. The van der Waals surface area contributed by atoms with Crippen molar-refractivity contribution < 1.29 is 13.9 Å². The molecule has 3 aliphatic heterocycles. The molecule has 6 heteroatoms. The molecular weight excluding hydrogens is 807 g/mol. The van der Waals surface area contributed by atoms with E-state index in [2.05, 4.69) is 209 Å². The SMILES string of the molecule is Cc1cc2c3c(c1)N(c1ccccc1)c1c(ccc4c1OCCO4)B3c1cc(C(C)(C)C)ccc1N2c1cc(-c2ccc3c(c2)C(C)(C)c2ccccc2-3)cc(-c2cc3ccccc3o2)c1. The minimum Gasteiger partial charge on any atom is -0.486 e. The summed E-state index contributed by atoms with van der Waals surface area (Å²) >= 11 is 0. The van der Waals surface area contributed by atoms with Gasteiger partial charge >= 0.3 is 0 Å². The molecule has 9 aromatic rings. The molecule has 0 fully saturated rings. The highest BCUT2D eigenvalue weighted by molar-refractivity contribution is 7.00. The monoisotopic (exact) mass is 856 g/mol. The van der Waals surface area contributed by atoms with Crippen LogP contribution in [0.4, 0.5) is 34.1 Å². The average Bonchev–Trinajstić information content (AvgIpc) is 3.87. The van der Waals surface area contributed by atoms with Gasteiger partial charge in [-0.1, -0.05) is 126 Å². The van der Waals surface area contributed by atoms with Crippen LogP contribution in [-0.2, 0) is 10.8 Å². The largest absolute Gasteiger partial charge is 0.486 e. The molecule has 0 radical (unpaired) electrons. The summed E-state index contributed by atoms with van der Waals surface area (Å²) in [6.07, 6.45) is 0. The minimum atomic E-state index is -0.134. The molecule has 1 aromatic heterocycles. The maximum Gasteiger partial charge on any atom is 0.252 e. The number of aryl methyl sites for hydroxylation is 1. The summed E-state index contributed by atoms with van der Waals surface area (Å²) in [5.74, 6) is 2.43. The Bertz CT molecular complexity index is 3460. The normalized spacial score (nSPS) is 15.0. The lowest BCUT2D eigenvalue weighted by Crippen LogP contribution is -2.61. The van der Waals surface area contributed by atoms with Crippen molar-refractivity contribution in [1.82, 2.24) is 0 Å². The van der Waals surface area contributed by atoms with E-state index in [4.69, 9.17) is 13.9 Å². The van der Waals surface area contributed by atoms with Crippen molar-refractivity contribution in [2.75, 3.05) is 23.0 Å². The van der Waals surface area contributed by atoms with Crippen molar-refractivity contribution in [3.8, 4) is 45.1 Å². The van der Waals surface area contributed by atoms with E-state index in [0.717, 1.165) is 73.5 Å². The highest BCUT2D eigenvalue weighted by Crippen LogP contribution is 2.53. The van der Waals surface area contributed by atoms with Gasteiger partial charge in [0.1, 0.15) is 24.6 Å². The highest BCUT2D eigenvalue weighted by Gasteiger charge is 2.46. The number of anilines is 6. The number of nitrogens with zero attached hydrogens (tertiary/aromatic N) is 2. The van der Waals surface area contributed by atoms with Gasteiger partial charge in [0.15, 0.2) is 11.5 Å². The molecule has 4 aliphatic rings. The summed E-state index contributed by atoms with van der Waals surface area (Å²) < 4.78 is 19.6. The maximum atomic E-state index is 6.71. The van der Waals surface area contributed by atoms with Crippen molar-refractivity contribution in [2.45, 2.75) is 52.4 Å². The van der Waals surface area contributed by atoms with Crippen LogP contribution in [0.15, 0.2) is 168 Å². The molecule has 1 aliphatic carbocycles. The summed E-state index contributed by atoms with van der Waals surface area (Å²) in [7, 11) is 0. The van der Waals surface area contributed by atoms with E-state index in [1.807, 2.05) is 6.07 Å². The molecule has 5 nitrogen and oxygen atoms in total. The van der Waals surface area contributed by atoms with Crippen LogP contribution < -0.4 is 35.7 Å². The summed E-state index contributed by atoms with van der Waals surface area (Å²) in [6.45, 7) is 14.8. The summed E-state index contributed by atoms with van der Waals surface area (Å²) in [6, 6.07) is 60.6. The lowest BCUT2D eigenvalue weighted by molar-refractivity contribution is 0.172. The van der Waals surface area contributed by atoms with Gasteiger partial charge in [0, 0.05) is 44.8 Å². The molecule has 320 valence electrons. The van der Waals surface area contributed by atoms with Gasteiger partial charge in [-0.3, -0.25) is 0 Å². The van der Waals surface area contributed by atoms with Gasteiger partial charge in [-0.25, -0.2) is 0 Å². The molecule has 66 heavy (non-hydrogen) atoms. The van der Waals surface area contributed by atoms with E-state index in [9.17, 15) is 0 Å². The van der Waals surface area contributed by atoms with Crippen LogP contribution in [0.3, 0.4) is 0 Å². The van der Waals surface area contributed by atoms with Gasteiger partial charge in [0.05, 0.1) is 5.69 Å². The Morgan fingerprint density at radius 1 is 0.561 bits per heavy atom. The Labute approximate surface area is 387 Å². The van der Waals surface area contributed by atoms with Crippen LogP contribution in [-0.4, -0.2) is 19.9 Å². The van der Waals surface area contributed by atoms with Crippen molar-refractivity contribution >= 4 is 68.2 Å². The van der Waals surface area contributed by atoms with Gasteiger partial charge in [-0.05, 0) is 146 Å². The van der Waals surface area contributed by atoms with E-state index in [0.29, 0.717) is 13.2 Å². The first-order valence-corrected chi connectivity index (χ1v) is 23.3. The summed E-state index contributed by atoms with van der Waals surface area (Å²) in [5.41, 5.74) is 22.2. The predicted molar refractivity (Wildman–Crippen MR) is 273 cm³/mol. The number of para-hydroxylation sites is 2. The zero-order chi connectivity index (χ0) is 44.6. The molecule has 0 saturated carbocycles. The molecule has 0 spiro atoms. The standard InChI is InChI=1S/C60H49BN2O3/c1-36-28-51-56-52(29-36)63(42-15-8-7-9-16-42)57-48(23-25-54-58(57)65-27-26-64-54)61(56)49-35-41(59(2,3)4)21-24-50(49)62(51)43-31-39(30-40(32-43)55-34-38-14-10-13-19-53(38)66-55)37-20-22-45-44-17-11-12-18-46(44)60(5,6)47(45)33-37/h7-25,28-35H,26-27H2,1-6H3. The first kappa shape index (κ1) is 39.0. The smallest absolute Gasteiger partial charge is 0.252 e. The van der Waals surface area contributed by atoms with Crippen LogP contribution in [0.25, 0.3) is 44.5 Å². The summed E-state index contributed by atoms with van der Waals surface area (Å²) in [4.78, 5) is 4.95. The zero-order valence-electron chi connectivity index (χ0n) is 38.2. The Morgan fingerprint density at radius 2 is 1.30 bits per heavy atom. The van der Waals surface area contributed by atoms with Gasteiger partial charge in [0.2, 0.25) is 0 Å². The fourth-order valence-corrected chi connectivity index (χ4v) is 11.4. The molecule has 4 heterocycles. The number of hydrogen-bond acceptors (Lipinski definition) is 5. The average molecular weight is 857 g/mol. The van der Waals surface area contributed by atoms with E-state index < -0.39 is 0 Å². The first-order valence-electron chi connectivity index (χ1n) is 23.3. The Balaban J connectivity index is 1.09. The second-order valence-corrected chi connectivity index (χ2v) is 20.1. The Morgan fingerprint density at radius 3 is 2.14 bits per heavy atom. The van der Waals surface area contributed by atoms with Crippen LogP contribution in [0.2, 0.25) is 0 Å². The van der Waals surface area contributed by atoms with E-state index in [1.165, 1.54) is 55.3 Å². The number of hydrogen-bond donors (Lipinski definition) is 0. The summed E-state index contributed by atoms with van der Waals surface area (Å²) in [5, 5.41) is 1.08. The van der Waals surface area contributed by atoms with Gasteiger partial charge < -0.3 is 23.7 Å². The van der Waals surface area contributed by atoms with Crippen molar-refractivity contribution in [2.24, 2.45) is 0 Å². The number of fused-ring (bicyclic) bond motifs is 10. The molecular formula is C60H49BN2O3. The van der Waals surface area contributed by atoms with Crippen molar-refractivity contribution in [3.63, 3.8) is 0 Å². The lowest BCUT2D eigenvalue weighted by Gasteiger charge is -2.45. The number of benzene rings is 8. The first-order chi connectivity index (χ1) is 32.0. The van der Waals surface area contributed by atoms with E-state index in [-0.39, 0.29) is 17.5 Å². The maximum absolute atomic E-state index is 6.71. The number of ether oxygens (including phenoxy) is 2. The van der Waals surface area contributed by atoms with Crippen LogP contribution in [0, 0.1) is 6.92 Å². The van der Waals surface area contributed by atoms with E-state index in [1.54, 1.807) is 0 Å². The van der Waals surface area contributed by atoms with Crippen LogP contribution >= 0.6 is 0 Å². The quantitative estimate of drug-likeness (QED) is 0.165. The zero-order valence-corrected chi connectivity index (χ0v) is 38.2. The van der Waals surface area contributed by atoms with Gasteiger partial charge in [0.25, 0.3) is 6.71 Å². The predicted octanol–water partition coefficient (Wildman–Crippen LogP) is 13.5. The molecule has 8 aromatic carbocycles. The molecule has 13 rings (SSSR count). The fourth-order valence-electron chi connectivity index (χ4n) is 11.4. The lowest BCUT2D eigenvalue weighted by atomic mass is 9.33. The number of furan rings is 1. The van der Waals surface area contributed by atoms with Gasteiger partial charge in [-0.15, -0.1) is 0 Å². The fraction of sp³-hybridized carbons (Fsp3) is 0.167. The van der Waals surface area contributed by atoms with E-state index >= 15 is 0 Å². The molecule has 0 bridgehead atoms. The second-order valence-electron chi connectivity index (χ2n) is 20.1. The Kier molecular flexibility index (Phi) is 8.29. The number of rotatable bonds is 4. The van der Waals surface area contributed by atoms with Gasteiger partial charge in [-0.2, -0.15) is 0 Å². The molecule has 0 saturated heterocycles. The third kappa shape index (κ3) is 5.73. The third-order valence-corrected chi connectivity index (χ3v) is 14.6. The van der Waals surface area contributed by atoms with Crippen molar-refractivity contribution in [3.05, 3.63) is 186 Å². The topological polar surface area (TPSA) is 38.1 Å². The van der Waals surface area contributed by atoms with Crippen LogP contribution in [0.5, 0.6) is 11.5 Å². The minimum absolute atomic E-state index is 0.0754. The second kappa shape index (κ2) is 14.0. The molecule has 0 N–H and O–H groups in total. The van der Waals surface area contributed by atoms with Crippen molar-refractivity contribution in [1.29, 1.82) is 0 Å². The molecule has 0 unspecified atom stereocenters.